The summed E-state index contributed by atoms with van der Waals surface area (Å²) in [4.78, 5) is 14.4. The lowest BCUT2D eigenvalue weighted by Gasteiger charge is -2.04. The van der Waals surface area contributed by atoms with E-state index in [9.17, 15) is 9.18 Å². The molecular formula is C10H5FN4O. The van der Waals surface area contributed by atoms with Gasteiger partial charge in [0.1, 0.15) is 23.9 Å². The highest BCUT2D eigenvalue weighted by atomic mass is 19.1. The fourth-order valence-corrected chi connectivity index (χ4v) is 1.17. The molecule has 78 valence electrons. The number of hydrogen-bond donors (Lipinski definition) is 0. The van der Waals surface area contributed by atoms with Gasteiger partial charge in [0.25, 0.3) is 0 Å². The molecule has 0 atom stereocenters. The maximum Gasteiger partial charge on any atom is 0.309 e. The van der Waals surface area contributed by atoms with Crippen LogP contribution in [0.2, 0.25) is 0 Å². The second-order valence-corrected chi connectivity index (χ2v) is 2.91. The standard InChI is InChI=1S/C10H5FN4O/c11-7-3-1-2-4-9(7)15-6-13-10(16)8(5-12)14-15/h1-4,6H. The van der Waals surface area contributed by atoms with Crippen molar-refractivity contribution in [3.63, 3.8) is 0 Å². The summed E-state index contributed by atoms with van der Waals surface area (Å²) in [5.41, 5.74) is -0.965. The maximum atomic E-state index is 13.4. The topological polar surface area (TPSA) is 71.6 Å². The normalized spacial score (nSPS) is 9.75. The summed E-state index contributed by atoms with van der Waals surface area (Å²) in [5.74, 6) is -0.510. The van der Waals surface area contributed by atoms with Gasteiger partial charge in [-0.2, -0.15) is 10.2 Å². The van der Waals surface area contributed by atoms with Gasteiger partial charge in [0, 0.05) is 0 Å². The Morgan fingerprint density at radius 2 is 2.12 bits per heavy atom. The SMILES string of the molecule is N#Cc1nn(-c2ccccc2F)cnc1=O. The first kappa shape index (κ1) is 9.98. The van der Waals surface area contributed by atoms with Gasteiger partial charge in [0.15, 0.2) is 0 Å². The second-order valence-electron chi connectivity index (χ2n) is 2.91. The Morgan fingerprint density at radius 1 is 1.38 bits per heavy atom. The summed E-state index contributed by atoms with van der Waals surface area (Å²) in [7, 11) is 0. The second kappa shape index (κ2) is 3.90. The Bertz CT molecular complexity index is 629. The number of aromatic nitrogens is 3. The Morgan fingerprint density at radius 3 is 2.81 bits per heavy atom. The van der Waals surface area contributed by atoms with Crippen molar-refractivity contribution in [2.45, 2.75) is 0 Å². The summed E-state index contributed by atoms with van der Waals surface area (Å²) in [5, 5.41) is 12.3. The molecule has 6 heteroatoms. The van der Waals surface area contributed by atoms with E-state index < -0.39 is 11.4 Å². The van der Waals surface area contributed by atoms with Crippen LogP contribution in [0.5, 0.6) is 0 Å². The molecule has 0 aliphatic heterocycles. The van der Waals surface area contributed by atoms with Crippen molar-refractivity contribution in [2.75, 3.05) is 0 Å². The van der Waals surface area contributed by atoms with Gasteiger partial charge < -0.3 is 0 Å². The van der Waals surface area contributed by atoms with Crippen LogP contribution in [0.1, 0.15) is 5.69 Å². The lowest BCUT2D eigenvalue weighted by Crippen LogP contribution is -2.18. The molecule has 0 amide bonds. The van der Waals surface area contributed by atoms with Gasteiger partial charge in [-0.3, -0.25) is 4.79 Å². The first-order chi connectivity index (χ1) is 7.72. The Kier molecular flexibility index (Phi) is 2.44. The van der Waals surface area contributed by atoms with Crippen LogP contribution in [-0.2, 0) is 0 Å². The van der Waals surface area contributed by atoms with Crippen molar-refractivity contribution in [2.24, 2.45) is 0 Å². The van der Waals surface area contributed by atoms with Crippen LogP contribution in [-0.4, -0.2) is 14.8 Å². The number of benzene rings is 1. The van der Waals surface area contributed by atoms with Crippen molar-refractivity contribution in [3.05, 3.63) is 52.5 Å². The first-order valence-electron chi connectivity index (χ1n) is 4.33. The molecule has 0 saturated heterocycles. The number of nitrogens with zero attached hydrogens (tertiary/aromatic N) is 4. The third-order valence-electron chi connectivity index (χ3n) is 1.90. The van der Waals surface area contributed by atoms with E-state index in [1.807, 2.05) is 0 Å². The van der Waals surface area contributed by atoms with E-state index in [-0.39, 0.29) is 11.4 Å². The quantitative estimate of drug-likeness (QED) is 0.701. The number of hydrogen-bond acceptors (Lipinski definition) is 4. The zero-order valence-corrected chi connectivity index (χ0v) is 7.96. The molecule has 0 unspecified atom stereocenters. The van der Waals surface area contributed by atoms with Crippen molar-refractivity contribution in [1.29, 1.82) is 5.26 Å². The third kappa shape index (κ3) is 1.66. The molecule has 0 fully saturated rings. The van der Waals surface area contributed by atoms with E-state index in [4.69, 9.17) is 5.26 Å². The van der Waals surface area contributed by atoms with Gasteiger partial charge in [-0.1, -0.05) is 12.1 Å². The molecule has 0 bridgehead atoms. The highest BCUT2D eigenvalue weighted by Gasteiger charge is 2.06. The van der Waals surface area contributed by atoms with Crippen molar-refractivity contribution < 1.29 is 4.39 Å². The lowest BCUT2D eigenvalue weighted by molar-refractivity contribution is 0.605. The molecule has 0 saturated carbocycles. The van der Waals surface area contributed by atoms with Gasteiger partial charge in [-0.05, 0) is 12.1 Å². The minimum absolute atomic E-state index is 0.131. The van der Waals surface area contributed by atoms with Gasteiger partial charge in [0.2, 0.25) is 5.69 Å². The van der Waals surface area contributed by atoms with Crippen LogP contribution < -0.4 is 5.56 Å². The molecular weight excluding hydrogens is 211 g/mol. The van der Waals surface area contributed by atoms with E-state index >= 15 is 0 Å². The van der Waals surface area contributed by atoms with E-state index in [2.05, 4.69) is 10.1 Å². The highest BCUT2D eigenvalue weighted by Crippen LogP contribution is 2.09. The van der Waals surface area contributed by atoms with Crippen LogP contribution in [0, 0.1) is 17.1 Å². The monoisotopic (exact) mass is 216 g/mol. The maximum absolute atomic E-state index is 13.4. The lowest BCUT2D eigenvalue weighted by atomic mass is 10.3. The Labute approximate surface area is 89.4 Å². The zero-order chi connectivity index (χ0) is 11.5. The summed E-state index contributed by atoms with van der Waals surface area (Å²) >= 11 is 0. The minimum Gasteiger partial charge on any atom is -0.264 e. The van der Waals surface area contributed by atoms with E-state index in [0.717, 1.165) is 11.0 Å². The molecule has 2 rings (SSSR count). The molecule has 0 aliphatic rings. The van der Waals surface area contributed by atoms with Crippen molar-refractivity contribution in [1.82, 2.24) is 14.8 Å². The zero-order valence-electron chi connectivity index (χ0n) is 7.96. The smallest absolute Gasteiger partial charge is 0.264 e. The van der Waals surface area contributed by atoms with Crippen LogP contribution in [0.3, 0.4) is 0 Å². The van der Waals surface area contributed by atoms with Crippen molar-refractivity contribution in [3.8, 4) is 11.8 Å². The average molecular weight is 216 g/mol. The molecule has 0 N–H and O–H groups in total. The van der Waals surface area contributed by atoms with E-state index in [0.29, 0.717) is 0 Å². The van der Waals surface area contributed by atoms with Crippen LogP contribution in [0.25, 0.3) is 5.69 Å². The average Bonchev–Trinajstić information content (AvgIpc) is 2.31. The van der Waals surface area contributed by atoms with Gasteiger partial charge >= 0.3 is 5.56 Å². The van der Waals surface area contributed by atoms with Crippen LogP contribution in [0.15, 0.2) is 35.4 Å². The van der Waals surface area contributed by atoms with E-state index in [1.54, 1.807) is 12.1 Å². The number of halogens is 1. The Balaban J connectivity index is 2.63. The largest absolute Gasteiger partial charge is 0.309 e. The third-order valence-corrected chi connectivity index (χ3v) is 1.90. The molecule has 0 radical (unpaired) electrons. The highest BCUT2D eigenvalue weighted by molar-refractivity contribution is 5.32. The van der Waals surface area contributed by atoms with Crippen molar-refractivity contribution >= 4 is 0 Å². The molecule has 1 aromatic carbocycles. The summed E-state index contributed by atoms with van der Waals surface area (Å²) in [6, 6.07) is 7.46. The fourth-order valence-electron chi connectivity index (χ4n) is 1.17. The van der Waals surface area contributed by atoms with Gasteiger partial charge in [-0.25, -0.2) is 9.07 Å². The van der Waals surface area contributed by atoms with E-state index in [1.165, 1.54) is 18.2 Å². The molecule has 2 aromatic rings. The molecule has 1 aromatic heterocycles. The molecule has 0 spiro atoms. The molecule has 0 aliphatic carbocycles. The molecule has 16 heavy (non-hydrogen) atoms. The summed E-state index contributed by atoms with van der Waals surface area (Å²) in [6.45, 7) is 0. The summed E-state index contributed by atoms with van der Waals surface area (Å²) < 4.78 is 14.4. The van der Waals surface area contributed by atoms with Gasteiger partial charge in [0.05, 0.1) is 0 Å². The number of rotatable bonds is 1. The number of nitriles is 1. The minimum atomic E-state index is -0.727. The first-order valence-corrected chi connectivity index (χ1v) is 4.33. The van der Waals surface area contributed by atoms with Crippen LogP contribution in [0.4, 0.5) is 4.39 Å². The Hall–Kier alpha value is -2.55. The number of para-hydroxylation sites is 1. The molecule has 5 nitrogen and oxygen atoms in total. The summed E-state index contributed by atoms with van der Waals surface area (Å²) in [6.07, 6.45) is 1.07. The van der Waals surface area contributed by atoms with Gasteiger partial charge in [-0.15, -0.1) is 5.10 Å². The molecule has 1 heterocycles. The van der Waals surface area contributed by atoms with Crippen LogP contribution >= 0.6 is 0 Å². The predicted molar refractivity (Wildman–Crippen MR) is 52.3 cm³/mol. The predicted octanol–water partition coefficient (Wildman–Crippen LogP) is 0.638. The fraction of sp³-hybridized carbons (Fsp3) is 0.